The Kier molecular flexibility index (Phi) is 8.11. The molecule has 44 heavy (non-hydrogen) atoms. The standard InChI is InChI=1S/C31H31F3N8O2/c1-18(43)42-13-11-20(12-14-42)23-9-10-24(31(32,33)34)40-26(23)21-5-3-19(4-6-21)15-35-30-39-17-37-28(41-30)25-27(22-7-8-22)36-16-38-29(25)44-2/h3-6,9-10,16-17,20,22H,7-8,11-15H2,1-2H3,(H,35,37,39,41). The third kappa shape index (κ3) is 6.31. The molecule has 1 amide bonds. The average Bonchev–Trinajstić information content (AvgIpc) is 3.89. The summed E-state index contributed by atoms with van der Waals surface area (Å²) in [6, 6.07) is 9.82. The van der Waals surface area contributed by atoms with Crippen molar-refractivity contribution in [3.8, 4) is 28.5 Å². The SMILES string of the molecule is COc1ncnc(C2CC2)c1-c1ncnc(NCc2ccc(-c3nc(C(F)(F)F)ccc3C3CCN(C(C)=O)CC3)cc2)n1. The number of halogens is 3. The van der Waals surface area contributed by atoms with Gasteiger partial charge in [-0.15, -0.1) is 0 Å². The lowest BCUT2D eigenvalue weighted by atomic mass is 9.86. The van der Waals surface area contributed by atoms with Crippen LogP contribution in [0.2, 0.25) is 0 Å². The van der Waals surface area contributed by atoms with Crippen molar-refractivity contribution in [2.75, 3.05) is 25.5 Å². The predicted octanol–water partition coefficient (Wildman–Crippen LogP) is 5.63. The molecule has 1 aliphatic carbocycles. The molecule has 6 rings (SSSR count). The molecule has 0 bridgehead atoms. The van der Waals surface area contributed by atoms with E-state index in [-0.39, 0.29) is 11.8 Å². The minimum absolute atomic E-state index is 0.00335. The van der Waals surface area contributed by atoms with Gasteiger partial charge in [-0.25, -0.2) is 24.9 Å². The largest absolute Gasteiger partial charge is 0.480 e. The monoisotopic (exact) mass is 604 g/mol. The van der Waals surface area contributed by atoms with Gasteiger partial charge in [0.25, 0.3) is 0 Å². The van der Waals surface area contributed by atoms with Crippen LogP contribution in [0.4, 0.5) is 19.1 Å². The van der Waals surface area contributed by atoms with E-state index in [1.807, 2.05) is 12.1 Å². The minimum Gasteiger partial charge on any atom is -0.480 e. The molecule has 10 nitrogen and oxygen atoms in total. The predicted molar refractivity (Wildman–Crippen MR) is 156 cm³/mol. The minimum atomic E-state index is -4.56. The van der Waals surface area contributed by atoms with Crippen LogP contribution in [0.3, 0.4) is 0 Å². The molecule has 3 aromatic heterocycles. The summed E-state index contributed by atoms with van der Waals surface area (Å²) < 4.78 is 46.3. The number of rotatable bonds is 8. The number of piperidine rings is 1. The van der Waals surface area contributed by atoms with Gasteiger partial charge in [0.15, 0.2) is 5.82 Å². The highest BCUT2D eigenvalue weighted by molar-refractivity contribution is 5.73. The highest BCUT2D eigenvalue weighted by Crippen LogP contribution is 2.45. The zero-order valence-corrected chi connectivity index (χ0v) is 24.3. The molecule has 0 radical (unpaired) electrons. The first-order valence-corrected chi connectivity index (χ1v) is 14.5. The lowest BCUT2D eigenvalue weighted by Gasteiger charge is -2.32. The summed E-state index contributed by atoms with van der Waals surface area (Å²) in [6.07, 6.45) is 1.74. The van der Waals surface area contributed by atoms with Crippen molar-refractivity contribution < 1.29 is 22.7 Å². The van der Waals surface area contributed by atoms with Crippen molar-refractivity contribution in [3.63, 3.8) is 0 Å². The topological polar surface area (TPSA) is 119 Å². The van der Waals surface area contributed by atoms with Crippen LogP contribution >= 0.6 is 0 Å². The van der Waals surface area contributed by atoms with Crippen LogP contribution in [0.1, 0.15) is 67.0 Å². The second-order valence-corrected chi connectivity index (χ2v) is 11.0. The van der Waals surface area contributed by atoms with Crippen LogP contribution in [-0.4, -0.2) is 60.9 Å². The zero-order chi connectivity index (χ0) is 30.8. The van der Waals surface area contributed by atoms with E-state index in [9.17, 15) is 18.0 Å². The molecule has 2 aliphatic rings. The number of methoxy groups -OCH3 is 1. The number of carbonyl (C=O) groups excluding carboxylic acids is 1. The van der Waals surface area contributed by atoms with Crippen molar-refractivity contribution in [2.24, 2.45) is 0 Å². The number of ether oxygens (including phenoxy) is 1. The van der Waals surface area contributed by atoms with Crippen molar-refractivity contribution in [3.05, 3.63) is 71.6 Å². The maximum absolute atomic E-state index is 13.6. The highest BCUT2D eigenvalue weighted by Gasteiger charge is 2.34. The van der Waals surface area contributed by atoms with Gasteiger partial charge in [0.1, 0.15) is 23.9 Å². The number of anilines is 1. The van der Waals surface area contributed by atoms with Gasteiger partial charge in [0.05, 0.1) is 18.5 Å². The third-order valence-electron chi connectivity index (χ3n) is 8.07. The zero-order valence-electron chi connectivity index (χ0n) is 24.3. The molecule has 0 atom stereocenters. The van der Waals surface area contributed by atoms with Gasteiger partial charge in [-0.3, -0.25) is 4.79 Å². The summed E-state index contributed by atoms with van der Waals surface area (Å²) >= 11 is 0. The van der Waals surface area contributed by atoms with Crippen LogP contribution in [0.5, 0.6) is 5.88 Å². The molecule has 1 N–H and O–H groups in total. The number of likely N-dealkylation sites (tertiary alicyclic amines) is 1. The number of carbonyl (C=O) groups is 1. The number of nitrogens with zero attached hydrogens (tertiary/aromatic N) is 7. The Morgan fingerprint density at radius 1 is 0.932 bits per heavy atom. The molecule has 4 heterocycles. The second-order valence-electron chi connectivity index (χ2n) is 11.0. The molecule has 1 aromatic carbocycles. The van der Waals surface area contributed by atoms with Crippen molar-refractivity contribution in [2.45, 2.75) is 57.2 Å². The van der Waals surface area contributed by atoms with Crippen molar-refractivity contribution in [1.82, 2.24) is 34.8 Å². The average molecular weight is 605 g/mol. The van der Waals surface area contributed by atoms with Gasteiger partial charge in [0, 0.05) is 38.0 Å². The van der Waals surface area contributed by atoms with Crippen molar-refractivity contribution in [1.29, 1.82) is 0 Å². The fraction of sp³-hybridized carbons (Fsp3) is 0.387. The van der Waals surface area contributed by atoms with Crippen LogP contribution in [0.25, 0.3) is 22.6 Å². The van der Waals surface area contributed by atoms with E-state index >= 15 is 0 Å². The van der Waals surface area contributed by atoms with E-state index in [1.54, 1.807) is 24.1 Å². The number of alkyl halides is 3. The summed E-state index contributed by atoms with van der Waals surface area (Å²) in [6.45, 7) is 3.03. The van der Waals surface area contributed by atoms with Gasteiger partial charge in [-0.05, 0) is 48.8 Å². The Labute approximate surface area is 252 Å². The van der Waals surface area contributed by atoms with E-state index in [0.717, 1.165) is 35.7 Å². The first-order chi connectivity index (χ1) is 21.2. The van der Waals surface area contributed by atoms with Crippen LogP contribution in [-0.2, 0) is 17.5 Å². The molecule has 1 saturated carbocycles. The second kappa shape index (κ2) is 12.1. The van der Waals surface area contributed by atoms with Gasteiger partial charge in [-0.2, -0.15) is 18.2 Å². The highest BCUT2D eigenvalue weighted by atomic mass is 19.4. The normalized spacial score (nSPS) is 15.7. The number of nitrogens with one attached hydrogen (secondary N) is 1. The Morgan fingerprint density at radius 3 is 2.32 bits per heavy atom. The maximum atomic E-state index is 13.6. The fourth-order valence-electron chi connectivity index (χ4n) is 5.57. The summed E-state index contributed by atoms with van der Waals surface area (Å²) in [7, 11) is 1.54. The van der Waals surface area contributed by atoms with Gasteiger partial charge in [0.2, 0.25) is 17.7 Å². The lowest BCUT2D eigenvalue weighted by Crippen LogP contribution is -2.36. The molecule has 1 saturated heterocycles. The molecular weight excluding hydrogens is 573 g/mol. The van der Waals surface area contributed by atoms with E-state index in [4.69, 9.17) is 4.74 Å². The lowest BCUT2D eigenvalue weighted by molar-refractivity contribution is -0.141. The first kappa shape index (κ1) is 29.4. The van der Waals surface area contributed by atoms with Gasteiger partial charge in [-0.1, -0.05) is 30.3 Å². The fourth-order valence-corrected chi connectivity index (χ4v) is 5.57. The first-order valence-electron chi connectivity index (χ1n) is 14.5. The third-order valence-corrected chi connectivity index (χ3v) is 8.07. The van der Waals surface area contributed by atoms with Crippen LogP contribution in [0, 0.1) is 0 Å². The smallest absolute Gasteiger partial charge is 0.433 e. The van der Waals surface area contributed by atoms with Gasteiger partial charge >= 0.3 is 6.18 Å². The summed E-state index contributed by atoms with van der Waals surface area (Å²) in [5.74, 6) is 1.50. The molecule has 0 unspecified atom stereocenters. The number of aromatic nitrogens is 6. The summed E-state index contributed by atoms with van der Waals surface area (Å²) in [5, 5.41) is 3.20. The summed E-state index contributed by atoms with van der Waals surface area (Å²) in [5.41, 5.74) is 3.12. The number of hydrogen-bond donors (Lipinski definition) is 1. The molecule has 0 spiro atoms. The van der Waals surface area contributed by atoms with Crippen LogP contribution in [0.15, 0.2) is 49.1 Å². The number of pyridine rings is 1. The Morgan fingerprint density at radius 2 is 1.66 bits per heavy atom. The molecule has 1 aliphatic heterocycles. The maximum Gasteiger partial charge on any atom is 0.433 e. The molecule has 228 valence electrons. The Bertz CT molecular complexity index is 1650. The van der Waals surface area contributed by atoms with Gasteiger partial charge < -0.3 is 15.0 Å². The summed E-state index contributed by atoms with van der Waals surface area (Å²) in [4.78, 5) is 39.5. The number of hydrogen-bond acceptors (Lipinski definition) is 9. The molecule has 4 aromatic rings. The number of benzene rings is 1. The van der Waals surface area contributed by atoms with Crippen molar-refractivity contribution >= 4 is 11.9 Å². The van der Waals surface area contributed by atoms with E-state index in [2.05, 4.69) is 35.2 Å². The van der Waals surface area contributed by atoms with Crippen LogP contribution < -0.4 is 10.1 Å². The molecule has 13 heteroatoms. The van der Waals surface area contributed by atoms with E-state index < -0.39 is 11.9 Å². The quantitative estimate of drug-likeness (QED) is 0.273. The van der Waals surface area contributed by atoms with E-state index in [1.165, 1.54) is 25.6 Å². The Hall–Kier alpha value is -4.68. The molecule has 2 fully saturated rings. The molecular formula is C31H31F3N8O2. The Balaban J connectivity index is 1.21. The number of amides is 1. The van der Waals surface area contributed by atoms with E-state index in [0.29, 0.717) is 72.9 Å².